The van der Waals surface area contributed by atoms with Gasteiger partial charge in [-0.25, -0.2) is 0 Å². The van der Waals surface area contributed by atoms with Crippen molar-refractivity contribution in [3.05, 3.63) is 59.0 Å². The first-order valence-corrected chi connectivity index (χ1v) is 6.24. The van der Waals surface area contributed by atoms with Crippen molar-refractivity contribution in [1.29, 1.82) is 0 Å². The van der Waals surface area contributed by atoms with Gasteiger partial charge in [-0.3, -0.25) is 4.79 Å². The molecule has 2 aromatic carbocycles. The van der Waals surface area contributed by atoms with Crippen molar-refractivity contribution in [2.45, 2.75) is 0 Å². The molecule has 0 amide bonds. The maximum atomic E-state index is 12.2. The Morgan fingerprint density at radius 3 is 2.63 bits per heavy atom. The van der Waals surface area contributed by atoms with Crippen molar-refractivity contribution in [2.75, 3.05) is 0 Å². The Labute approximate surface area is 109 Å². The van der Waals surface area contributed by atoms with Gasteiger partial charge in [-0.15, -0.1) is 0 Å². The second kappa shape index (κ2) is 3.48. The molecule has 0 radical (unpaired) electrons. The van der Waals surface area contributed by atoms with Crippen molar-refractivity contribution in [1.82, 2.24) is 9.55 Å². The summed E-state index contributed by atoms with van der Waals surface area (Å²) in [7, 11) is 1.78. The third kappa shape index (κ3) is 1.30. The number of pyridine rings is 1. The summed E-state index contributed by atoms with van der Waals surface area (Å²) >= 11 is 0. The van der Waals surface area contributed by atoms with Gasteiger partial charge in [-0.05, 0) is 29.7 Å². The van der Waals surface area contributed by atoms with E-state index in [1.165, 1.54) is 0 Å². The molecule has 0 saturated heterocycles. The predicted octanol–water partition coefficient (Wildman–Crippen LogP) is 3.17. The van der Waals surface area contributed by atoms with Crippen LogP contribution in [0.4, 0.5) is 0 Å². The molecule has 0 fully saturated rings. The molecule has 3 nitrogen and oxygen atoms in total. The van der Waals surface area contributed by atoms with Crippen molar-refractivity contribution >= 4 is 32.6 Å². The van der Waals surface area contributed by atoms with Gasteiger partial charge in [0.05, 0.1) is 0 Å². The highest BCUT2D eigenvalue weighted by atomic mass is 16.1. The van der Waals surface area contributed by atoms with Crippen LogP contribution in [0.3, 0.4) is 0 Å². The van der Waals surface area contributed by atoms with Gasteiger partial charge in [0.15, 0.2) is 0 Å². The van der Waals surface area contributed by atoms with Gasteiger partial charge in [-0.1, -0.05) is 18.2 Å². The van der Waals surface area contributed by atoms with E-state index in [4.69, 9.17) is 0 Å². The Morgan fingerprint density at radius 1 is 0.895 bits per heavy atom. The number of rotatable bonds is 0. The quantitative estimate of drug-likeness (QED) is 0.510. The molecule has 0 aliphatic heterocycles. The Kier molecular flexibility index (Phi) is 1.90. The van der Waals surface area contributed by atoms with Gasteiger partial charge in [0.25, 0.3) is 5.56 Å². The zero-order valence-corrected chi connectivity index (χ0v) is 10.5. The molecule has 19 heavy (non-hydrogen) atoms. The van der Waals surface area contributed by atoms with Crippen molar-refractivity contribution in [3.8, 4) is 0 Å². The van der Waals surface area contributed by atoms with E-state index in [-0.39, 0.29) is 5.56 Å². The van der Waals surface area contributed by atoms with Crippen LogP contribution in [-0.2, 0) is 7.05 Å². The van der Waals surface area contributed by atoms with Crippen molar-refractivity contribution < 1.29 is 0 Å². The van der Waals surface area contributed by atoms with Gasteiger partial charge in [-0.2, -0.15) is 0 Å². The lowest BCUT2D eigenvalue weighted by Gasteiger charge is -2.02. The molecule has 0 unspecified atom stereocenters. The van der Waals surface area contributed by atoms with Crippen LogP contribution in [0.1, 0.15) is 0 Å². The van der Waals surface area contributed by atoms with E-state index in [9.17, 15) is 4.79 Å². The second-order valence-electron chi connectivity index (χ2n) is 4.85. The average Bonchev–Trinajstić information content (AvgIpc) is 2.81. The zero-order chi connectivity index (χ0) is 13.0. The monoisotopic (exact) mass is 248 g/mol. The van der Waals surface area contributed by atoms with E-state index in [1.807, 2.05) is 36.5 Å². The standard InChI is InChI=1S/C16H12N2O/c1-18-9-8-10-11(16(18)19)6-7-14-15(10)12-4-2-3-5-13(12)17-14/h2-9,17H,1H3. The minimum absolute atomic E-state index is 0.0460. The summed E-state index contributed by atoms with van der Waals surface area (Å²) in [6.07, 6.45) is 1.83. The first kappa shape index (κ1) is 10.4. The predicted molar refractivity (Wildman–Crippen MR) is 78.6 cm³/mol. The number of nitrogens with zero attached hydrogens (tertiary/aromatic N) is 1. The molecule has 0 spiro atoms. The number of hydrogen-bond donors (Lipinski definition) is 1. The van der Waals surface area contributed by atoms with E-state index in [0.29, 0.717) is 0 Å². The van der Waals surface area contributed by atoms with E-state index in [0.717, 1.165) is 32.6 Å². The Morgan fingerprint density at radius 2 is 1.74 bits per heavy atom. The fourth-order valence-corrected chi connectivity index (χ4v) is 2.77. The highest BCUT2D eigenvalue weighted by molar-refractivity contribution is 6.19. The highest BCUT2D eigenvalue weighted by Crippen LogP contribution is 2.30. The number of H-pyrrole nitrogens is 1. The van der Waals surface area contributed by atoms with Crippen molar-refractivity contribution in [2.24, 2.45) is 7.05 Å². The number of benzene rings is 2. The fourth-order valence-electron chi connectivity index (χ4n) is 2.77. The molecule has 4 rings (SSSR count). The number of para-hydroxylation sites is 1. The van der Waals surface area contributed by atoms with Crippen LogP contribution < -0.4 is 5.56 Å². The summed E-state index contributed by atoms with van der Waals surface area (Å²) in [5.74, 6) is 0. The van der Waals surface area contributed by atoms with E-state index in [2.05, 4.69) is 17.1 Å². The molecular formula is C16H12N2O. The normalized spacial score (nSPS) is 11.6. The summed E-state index contributed by atoms with van der Waals surface area (Å²) in [6, 6.07) is 14.1. The lowest BCUT2D eigenvalue weighted by atomic mass is 10.1. The average molecular weight is 248 g/mol. The largest absolute Gasteiger partial charge is 0.354 e. The molecule has 0 bridgehead atoms. The van der Waals surface area contributed by atoms with Gasteiger partial charge >= 0.3 is 0 Å². The van der Waals surface area contributed by atoms with Gasteiger partial charge < -0.3 is 9.55 Å². The number of nitrogens with one attached hydrogen (secondary N) is 1. The number of fused-ring (bicyclic) bond motifs is 5. The first-order chi connectivity index (χ1) is 9.25. The molecule has 0 atom stereocenters. The van der Waals surface area contributed by atoms with Gasteiger partial charge in [0.1, 0.15) is 0 Å². The molecular weight excluding hydrogens is 236 g/mol. The molecule has 4 aromatic rings. The van der Waals surface area contributed by atoms with Crippen LogP contribution in [0.15, 0.2) is 53.5 Å². The molecule has 1 N–H and O–H groups in total. The van der Waals surface area contributed by atoms with E-state index >= 15 is 0 Å². The van der Waals surface area contributed by atoms with Gasteiger partial charge in [0, 0.05) is 40.4 Å². The van der Waals surface area contributed by atoms with Crippen LogP contribution in [0, 0.1) is 0 Å². The van der Waals surface area contributed by atoms with Crippen LogP contribution in [0.2, 0.25) is 0 Å². The van der Waals surface area contributed by atoms with E-state index < -0.39 is 0 Å². The van der Waals surface area contributed by atoms with Crippen molar-refractivity contribution in [3.63, 3.8) is 0 Å². The Hall–Kier alpha value is -2.55. The molecule has 2 heterocycles. The Balaban J connectivity index is 2.37. The number of hydrogen-bond acceptors (Lipinski definition) is 1. The minimum atomic E-state index is 0.0460. The summed E-state index contributed by atoms with van der Waals surface area (Å²) in [6.45, 7) is 0. The maximum absolute atomic E-state index is 12.2. The minimum Gasteiger partial charge on any atom is -0.354 e. The van der Waals surface area contributed by atoms with Gasteiger partial charge in [0.2, 0.25) is 0 Å². The van der Waals surface area contributed by atoms with Crippen LogP contribution in [0.5, 0.6) is 0 Å². The van der Waals surface area contributed by atoms with Crippen LogP contribution >= 0.6 is 0 Å². The molecule has 0 aliphatic rings. The lowest BCUT2D eigenvalue weighted by Crippen LogP contribution is -2.15. The molecule has 92 valence electrons. The molecule has 0 saturated carbocycles. The smallest absolute Gasteiger partial charge is 0.258 e. The third-order valence-electron chi connectivity index (χ3n) is 3.73. The molecule has 3 heteroatoms. The van der Waals surface area contributed by atoms with Crippen LogP contribution in [-0.4, -0.2) is 9.55 Å². The lowest BCUT2D eigenvalue weighted by molar-refractivity contribution is 0.873. The zero-order valence-electron chi connectivity index (χ0n) is 10.5. The third-order valence-corrected chi connectivity index (χ3v) is 3.73. The molecule has 0 aliphatic carbocycles. The number of aryl methyl sites for hydroxylation is 1. The summed E-state index contributed by atoms with van der Waals surface area (Å²) in [5.41, 5.74) is 2.22. The van der Waals surface area contributed by atoms with Crippen LogP contribution in [0.25, 0.3) is 32.6 Å². The van der Waals surface area contributed by atoms with E-state index in [1.54, 1.807) is 11.6 Å². The summed E-state index contributed by atoms with van der Waals surface area (Å²) in [4.78, 5) is 15.6. The summed E-state index contributed by atoms with van der Waals surface area (Å²) in [5, 5.41) is 4.07. The highest BCUT2D eigenvalue weighted by Gasteiger charge is 2.09. The second-order valence-corrected chi connectivity index (χ2v) is 4.85. The SMILES string of the molecule is Cn1ccc2c(ccc3[nH]c4ccccc4c32)c1=O. The summed E-state index contributed by atoms with van der Waals surface area (Å²) < 4.78 is 1.61. The Bertz CT molecular complexity index is 992. The fraction of sp³-hybridized carbons (Fsp3) is 0.0625. The topological polar surface area (TPSA) is 37.8 Å². The number of aromatic nitrogens is 2. The number of aromatic amines is 1. The first-order valence-electron chi connectivity index (χ1n) is 6.24. The maximum Gasteiger partial charge on any atom is 0.258 e. The molecule has 2 aromatic heterocycles.